The molecule has 0 bridgehead atoms. The first-order chi connectivity index (χ1) is 19.6. The average Bonchev–Trinajstić information content (AvgIpc) is 3.76. The minimum absolute atomic E-state index is 0.0383. The molecule has 1 aromatic heterocycles. The van der Waals surface area contributed by atoms with Crippen LogP contribution < -0.4 is 14.2 Å². The maximum Gasteiger partial charge on any atom is 0.254 e. The number of nitrogens with zero attached hydrogens (tertiary/aromatic N) is 2. The average molecular weight is 565 g/mol. The summed E-state index contributed by atoms with van der Waals surface area (Å²) >= 11 is 1.60. The molecule has 3 heterocycles. The standard InChI is InChI=1S/C31H36N2O6S/c1-2-3-14-36-25-11-9-24(10-12-25)31(35)33(19-26-6-4-15-37-26)21-30(34)32(20-27-7-5-16-40-27)18-23-8-13-28-29(17-23)39-22-38-28/h5,7-13,16-17,26H,2-4,6,14-15,18-22H2,1H3. The van der Waals surface area contributed by atoms with E-state index in [0.717, 1.165) is 41.9 Å². The topological polar surface area (TPSA) is 77.5 Å². The molecule has 9 heteroatoms. The Hall–Kier alpha value is -3.56. The first-order valence-electron chi connectivity index (χ1n) is 13.9. The maximum absolute atomic E-state index is 13.8. The molecule has 0 N–H and O–H groups in total. The number of benzene rings is 2. The van der Waals surface area contributed by atoms with E-state index >= 15 is 0 Å². The van der Waals surface area contributed by atoms with Gasteiger partial charge in [-0.3, -0.25) is 9.59 Å². The highest BCUT2D eigenvalue weighted by atomic mass is 32.1. The molecule has 8 nitrogen and oxygen atoms in total. The molecule has 5 rings (SSSR count). The Balaban J connectivity index is 1.32. The van der Waals surface area contributed by atoms with Crippen LogP contribution in [0.2, 0.25) is 0 Å². The zero-order valence-corrected chi connectivity index (χ0v) is 23.7. The van der Waals surface area contributed by atoms with Crippen molar-refractivity contribution in [2.45, 2.75) is 51.8 Å². The first kappa shape index (κ1) is 28.0. The van der Waals surface area contributed by atoms with Crippen LogP contribution in [0, 0.1) is 0 Å². The number of thiophene rings is 1. The fourth-order valence-corrected chi connectivity index (χ4v) is 5.53. The molecule has 0 radical (unpaired) electrons. The van der Waals surface area contributed by atoms with Crippen molar-refractivity contribution in [3.63, 3.8) is 0 Å². The number of carbonyl (C=O) groups excluding carboxylic acids is 2. The molecular weight excluding hydrogens is 528 g/mol. The molecule has 1 fully saturated rings. The molecule has 0 aliphatic carbocycles. The van der Waals surface area contributed by atoms with Crippen LogP contribution in [0.15, 0.2) is 60.0 Å². The number of hydrogen-bond donors (Lipinski definition) is 0. The van der Waals surface area contributed by atoms with E-state index in [0.29, 0.717) is 49.9 Å². The van der Waals surface area contributed by atoms with Gasteiger partial charge in [0.05, 0.1) is 19.3 Å². The number of amides is 2. The van der Waals surface area contributed by atoms with Crippen molar-refractivity contribution >= 4 is 23.2 Å². The number of fused-ring (bicyclic) bond motifs is 1. The second kappa shape index (κ2) is 13.7. The van der Waals surface area contributed by atoms with E-state index in [1.54, 1.807) is 33.3 Å². The minimum atomic E-state index is -0.192. The van der Waals surface area contributed by atoms with Crippen molar-refractivity contribution in [2.75, 3.05) is 33.1 Å². The largest absolute Gasteiger partial charge is 0.494 e. The minimum Gasteiger partial charge on any atom is -0.494 e. The van der Waals surface area contributed by atoms with Crippen LogP contribution in [0.3, 0.4) is 0 Å². The Morgan fingerprint density at radius 2 is 1.88 bits per heavy atom. The summed E-state index contributed by atoms with van der Waals surface area (Å²) in [7, 11) is 0. The smallest absolute Gasteiger partial charge is 0.254 e. The van der Waals surface area contributed by atoms with Crippen LogP contribution in [-0.4, -0.2) is 60.8 Å². The molecule has 0 saturated carbocycles. The second-order valence-electron chi connectivity index (χ2n) is 10.1. The van der Waals surface area contributed by atoms with Crippen LogP contribution >= 0.6 is 11.3 Å². The van der Waals surface area contributed by atoms with Gasteiger partial charge >= 0.3 is 0 Å². The van der Waals surface area contributed by atoms with Gasteiger partial charge in [0.25, 0.3) is 5.91 Å². The van der Waals surface area contributed by atoms with Gasteiger partial charge in [-0.15, -0.1) is 11.3 Å². The van der Waals surface area contributed by atoms with E-state index in [1.165, 1.54) is 0 Å². The summed E-state index contributed by atoms with van der Waals surface area (Å²) in [6.45, 7) is 4.82. The predicted molar refractivity (Wildman–Crippen MR) is 153 cm³/mol. The molecule has 2 aliphatic heterocycles. The quantitative estimate of drug-likeness (QED) is 0.255. The SMILES string of the molecule is CCCCOc1ccc(C(=O)N(CC(=O)N(Cc2ccc3c(c2)OCO3)Cc2cccs2)CC2CCCO2)cc1. The Labute approximate surface area is 239 Å². The van der Waals surface area contributed by atoms with Crippen molar-refractivity contribution in [1.82, 2.24) is 9.80 Å². The Kier molecular flexibility index (Phi) is 9.57. The zero-order chi connectivity index (χ0) is 27.7. The van der Waals surface area contributed by atoms with Crippen LogP contribution in [0.4, 0.5) is 0 Å². The van der Waals surface area contributed by atoms with E-state index in [1.807, 2.05) is 47.8 Å². The Morgan fingerprint density at radius 3 is 2.62 bits per heavy atom. The van der Waals surface area contributed by atoms with E-state index in [2.05, 4.69) is 6.92 Å². The first-order valence-corrected chi connectivity index (χ1v) is 14.8. The molecule has 0 spiro atoms. The van der Waals surface area contributed by atoms with Crippen LogP contribution in [0.25, 0.3) is 0 Å². The fraction of sp³-hybridized carbons (Fsp3) is 0.419. The van der Waals surface area contributed by atoms with Gasteiger partial charge in [-0.05, 0) is 72.7 Å². The van der Waals surface area contributed by atoms with Crippen molar-refractivity contribution in [3.05, 3.63) is 76.0 Å². The molecule has 3 aromatic rings. The van der Waals surface area contributed by atoms with E-state index < -0.39 is 0 Å². The lowest BCUT2D eigenvalue weighted by Crippen LogP contribution is -2.45. The van der Waals surface area contributed by atoms with Crippen LogP contribution in [0.5, 0.6) is 17.2 Å². The van der Waals surface area contributed by atoms with Gasteiger partial charge in [-0.2, -0.15) is 0 Å². The lowest BCUT2D eigenvalue weighted by atomic mass is 10.1. The molecule has 2 amide bonds. The molecule has 2 aliphatic rings. The molecule has 2 aromatic carbocycles. The molecule has 212 valence electrons. The van der Waals surface area contributed by atoms with Gasteiger partial charge in [0.2, 0.25) is 12.7 Å². The Bertz CT molecular complexity index is 1260. The predicted octanol–water partition coefficient (Wildman–Crippen LogP) is 5.51. The lowest BCUT2D eigenvalue weighted by Gasteiger charge is -2.29. The lowest BCUT2D eigenvalue weighted by molar-refractivity contribution is -0.133. The van der Waals surface area contributed by atoms with E-state index in [-0.39, 0.29) is 31.3 Å². The normalized spacial score (nSPS) is 15.7. The van der Waals surface area contributed by atoms with Gasteiger partial charge < -0.3 is 28.7 Å². The summed E-state index contributed by atoms with van der Waals surface area (Å²) in [4.78, 5) is 32.0. The van der Waals surface area contributed by atoms with Gasteiger partial charge in [-0.25, -0.2) is 0 Å². The van der Waals surface area contributed by atoms with Gasteiger partial charge in [0, 0.05) is 30.1 Å². The number of hydrogen-bond acceptors (Lipinski definition) is 7. The molecule has 40 heavy (non-hydrogen) atoms. The molecular formula is C31H36N2O6S. The summed E-state index contributed by atoms with van der Waals surface area (Å²) in [5.41, 5.74) is 1.46. The van der Waals surface area contributed by atoms with Gasteiger partial charge in [0.15, 0.2) is 11.5 Å². The fourth-order valence-electron chi connectivity index (χ4n) is 4.81. The highest BCUT2D eigenvalue weighted by molar-refractivity contribution is 7.09. The third kappa shape index (κ3) is 7.34. The van der Waals surface area contributed by atoms with Crippen LogP contribution in [0.1, 0.15) is 53.4 Å². The van der Waals surface area contributed by atoms with Gasteiger partial charge in [-0.1, -0.05) is 25.5 Å². The summed E-state index contributed by atoms with van der Waals surface area (Å²) < 4.78 is 22.6. The van der Waals surface area contributed by atoms with Crippen molar-refractivity contribution in [2.24, 2.45) is 0 Å². The van der Waals surface area contributed by atoms with Crippen molar-refractivity contribution in [3.8, 4) is 17.2 Å². The number of rotatable bonds is 13. The monoisotopic (exact) mass is 564 g/mol. The van der Waals surface area contributed by atoms with E-state index in [9.17, 15) is 9.59 Å². The number of carbonyl (C=O) groups is 2. The summed E-state index contributed by atoms with van der Waals surface area (Å²) in [5, 5.41) is 2.00. The van der Waals surface area contributed by atoms with Crippen molar-refractivity contribution in [1.29, 1.82) is 0 Å². The molecule has 1 saturated heterocycles. The summed E-state index contributed by atoms with van der Waals surface area (Å²) in [6.07, 6.45) is 3.79. The number of unbranched alkanes of at least 4 members (excludes halogenated alkanes) is 1. The second-order valence-corrected chi connectivity index (χ2v) is 11.1. The zero-order valence-electron chi connectivity index (χ0n) is 22.9. The summed E-state index contributed by atoms with van der Waals surface area (Å²) in [6, 6.07) is 16.9. The third-order valence-corrected chi connectivity index (χ3v) is 7.88. The highest BCUT2D eigenvalue weighted by Crippen LogP contribution is 2.33. The van der Waals surface area contributed by atoms with Crippen molar-refractivity contribution < 1.29 is 28.5 Å². The van der Waals surface area contributed by atoms with Gasteiger partial charge in [0.1, 0.15) is 12.3 Å². The molecule has 1 unspecified atom stereocenters. The maximum atomic E-state index is 13.8. The van der Waals surface area contributed by atoms with Crippen LogP contribution in [-0.2, 0) is 22.6 Å². The highest BCUT2D eigenvalue weighted by Gasteiger charge is 2.28. The molecule has 1 atom stereocenters. The van der Waals surface area contributed by atoms with E-state index in [4.69, 9.17) is 18.9 Å². The summed E-state index contributed by atoms with van der Waals surface area (Å²) in [5.74, 6) is 1.80. The Morgan fingerprint density at radius 1 is 1.02 bits per heavy atom. The number of ether oxygens (including phenoxy) is 4. The third-order valence-electron chi connectivity index (χ3n) is 7.02.